The van der Waals surface area contributed by atoms with Crippen LogP contribution in [0.25, 0.3) is 5.88 Å². The molecule has 8 nitrogen and oxygen atoms in total. The van der Waals surface area contributed by atoms with Crippen molar-refractivity contribution in [1.82, 2.24) is 9.99 Å². The first-order valence-electron chi connectivity index (χ1n) is 10.3. The molecule has 164 valence electrons. The maximum atomic E-state index is 12.3. The van der Waals surface area contributed by atoms with Gasteiger partial charge in [0.05, 0.1) is 12.6 Å². The van der Waals surface area contributed by atoms with Crippen LogP contribution in [0.2, 0.25) is 0 Å². The van der Waals surface area contributed by atoms with Crippen LogP contribution < -0.4 is 14.9 Å². The molecule has 0 fully saturated rings. The van der Waals surface area contributed by atoms with Gasteiger partial charge in [-0.3, -0.25) is 9.36 Å². The quantitative estimate of drug-likeness (QED) is 0.490. The topological polar surface area (TPSA) is 102 Å². The van der Waals surface area contributed by atoms with Gasteiger partial charge in [0.2, 0.25) is 11.8 Å². The number of hydrogen-bond acceptors (Lipinski definition) is 6. The highest BCUT2D eigenvalue weighted by Gasteiger charge is 2.20. The molecule has 8 heteroatoms. The molecular weight excluding hydrogens is 408 g/mol. The number of nitriles is 1. The molecule has 0 saturated carbocycles. The zero-order valence-electron chi connectivity index (χ0n) is 18.5. The minimum atomic E-state index is -0.240. The Morgan fingerprint density at radius 2 is 1.94 bits per heavy atom. The molecule has 3 aromatic rings. The molecule has 3 heterocycles. The van der Waals surface area contributed by atoms with Crippen molar-refractivity contribution >= 4 is 12.1 Å². The Morgan fingerprint density at radius 1 is 1.19 bits per heavy atom. The molecular formula is C24H24N4O4. The number of rotatable bonds is 5. The summed E-state index contributed by atoms with van der Waals surface area (Å²) < 4.78 is 18.8. The van der Waals surface area contributed by atoms with Gasteiger partial charge in [-0.25, -0.2) is 5.43 Å². The molecule has 0 saturated heterocycles. The average molecular weight is 432 g/mol. The first kappa shape index (κ1) is 21.2. The first-order valence-corrected chi connectivity index (χ1v) is 10.3. The highest BCUT2D eigenvalue weighted by molar-refractivity contribution is 5.85. The summed E-state index contributed by atoms with van der Waals surface area (Å²) in [5.41, 5.74) is 7.30. The number of aryl methyl sites for hydroxylation is 2. The maximum Gasteiger partial charge on any atom is 0.244 e. The fraction of sp³-hybridized carbons (Fsp3) is 0.292. The summed E-state index contributed by atoms with van der Waals surface area (Å²) >= 11 is 0. The standard InChI is InChI=1S/C24H24N4O4/c1-14-9-19(16(3)28(14)24-20(12-25)15(2)17(4)32-24)13-26-27-23(29)11-18-5-6-21-22(10-18)31-8-7-30-21/h5-6,9-10,13H,7-8,11H2,1-4H3,(H,27,29). The van der Waals surface area contributed by atoms with E-state index in [1.165, 1.54) is 0 Å². The van der Waals surface area contributed by atoms with Gasteiger partial charge in [-0.15, -0.1) is 0 Å². The third-order valence-electron chi connectivity index (χ3n) is 5.52. The number of hydrogen-bond donors (Lipinski definition) is 1. The predicted molar refractivity (Wildman–Crippen MR) is 119 cm³/mol. The summed E-state index contributed by atoms with van der Waals surface area (Å²) in [4.78, 5) is 12.3. The van der Waals surface area contributed by atoms with Crippen molar-refractivity contribution in [3.63, 3.8) is 0 Å². The Kier molecular flexibility index (Phi) is 5.73. The van der Waals surface area contributed by atoms with Crippen LogP contribution in [0.4, 0.5) is 0 Å². The Labute approximate surface area is 186 Å². The van der Waals surface area contributed by atoms with Crippen LogP contribution in [0.5, 0.6) is 11.5 Å². The SMILES string of the molecule is Cc1oc(-n2c(C)cc(C=NNC(=O)Cc3ccc4c(c3)OCCO4)c2C)c(C#N)c1C. The second kappa shape index (κ2) is 8.63. The molecule has 1 aliphatic rings. The summed E-state index contributed by atoms with van der Waals surface area (Å²) in [6, 6.07) is 9.61. The van der Waals surface area contributed by atoms with E-state index in [9.17, 15) is 10.1 Å². The van der Waals surface area contributed by atoms with Gasteiger partial charge in [0.15, 0.2) is 11.5 Å². The summed E-state index contributed by atoms with van der Waals surface area (Å²) in [5, 5.41) is 13.6. The molecule has 1 aromatic carbocycles. The van der Waals surface area contributed by atoms with Gasteiger partial charge in [0, 0.05) is 22.5 Å². The van der Waals surface area contributed by atoms with Crippen molar-refractivity contribution < 1.29 is 18.7 Å². The van der Waals surface area contributed by atoms with E-state index in [2.05, 4.69) is 16.6 Å². The predicted octanol–water partition coefficient (Wildman–Crippen LogP) is 3.64. The number of benzene rings is 1. The molecule has 0 radical (unpaired) electrons. The zero-order chi connectivity index (χ0) is 22.8. The van der Waals surface area contributed by atoms with Crippen LogP contribution in [0, 0.1) is 39.0 Å². The Morgan fingerprint density at radius 3 is 2.69 bits per heavy atom. The molecule has 0 atom stereocenters. The zero-order valence-corrected chi connectivity index (χ0v) is 18.5. The van der Waals surface area contributed by atoms with E-state index in [0.717, 1.165) is 28.1 Å². The van der Waals surface area contributed by atoms with Crippen LogP contribution in [0.15, 0.2) is 33.8 Å². The first-order chi connectivity index (χ1) is 15.4. The molecule has 0 unspecified atom stereocenters. The lowest BCUT2D eigenvalue weighted by Crippen LogP contribution is -2.20. The van der Waals surface area contributed by atoms with Crippen LogP contribution in [0.3, 0.4) is 0 Å². The number of nitrogens with zero attached hydrogens (tertiary/aromatic N) is 3. The number of fused-ring (bicyclic) bond motifs is 1. The molecule has 4 rings (SSSR count). The van der Waals surface area contributed by atoms with E-state index in [0.29, 0.717) is 41.9 Å². The second-order valence-corrected chi connectivity index (χ2v) is 7.69. The van der Waals surface area contributed by atoms with Crippen LogP contribution in [-0.4, -0.2) is 29.9 Å². The lowest BCUT2D eigenvalue weighted by molar-refractivity contribution is -0.120. The molecule has 0 spiro atoms. The van der Waals surface area contributed by atoms with Crippen molar-refractivity contribution in [2.75, 3.05) is 13.2 Å². The fourth-order valence-electron chi connectivity index (χ4n) is 3.73. The smallest absolute Gasteiger partial charge is 0.244 e. The van der Waals surface area contributed by atoms with Gasteiger partial charge in [-0.2, -0.15) is 10.4 Å². The van der Waals surface area contributed by atoms with Crippen molar-refractivity contribution in [2.45, 2.75) is 34.1 Å². The number of amides is 1. The van der Waals surface area contributed by atoms with Crippen molar-refractivity contribution in [1.29, 1.82) is 5.26 Å². The van der Waals surface area contributed by atoms with Gasteiger partial charge < -0.3 is 13.9 Å². The van der Waals surface area contributed by atoms with E-state index in [4.69, 9.17) is 13.9 Å². The van der Waals surface area contributed by atoms with Crippen LogP contribution in [-0.2, 0) is 11.2 Å². The summed E-state index contributed by atoms with van der Waals surface area (Å²) in [7, 11) is 0. The highest BCUT2D eigenvalue weighted by atomic mass is 16.6. The van der Waals surface area contributed by atoms with Gasteiger partial charge in [0.25, 0.3) is 0 Å². The largest absolute Gasteiger partial charge is 0.486 e. The van der Waals surface area contributed by atoms with Crippen LogP contribution in [0.1, 0.15) is 39.4 Å². The van der Waals surface area contributed by atoms with Gasteiger partial charge in [-0.1, -0.05) is 6.07 Å². The van der Waals surface area contributed by atoms with Crippen molar-refractivity contribution in [3.8, 4) is 23.5 Å². The number of hydrazone groups is 1. The minimum Gasteiger partial charge on any atom is -0.486 e. The Hall–Kier alpha value is -3.99. The number of carbonyl (C=O) groups excluding carboxylic acids is 1. The molecule has 1 aliphatic heterocycles. The molecule has 1 N–H and O–H groups in total. The van der Waals surface area contributed by atoms with E-state index in [1.54, 1.807) is 6.21 Å². The second-order valence-electron chi connectivity index (χ2n) is 7.69. The number of carbonyl (C=O) groups is 1. The number of furan rings is 1. The summed E-state index contributed by atoms with van der Waals surface area (Å²) in [5.74, 6) is 2.31. The summed E-state index contributed by atoms with van der Waals surface area (Å²) in [6.45, 7) is 8.58. The van der Waals surface area contributed by atoms with Gasteiger partial charge in [-0.05, 0) is 51.5 Å². The van der Waals surface area contributed by atoms with E-state index >= 15 is 0 Å². The maximum absolute atomic E-state index is 12.3. The summed E-state index contributed by atoms with van der Waals surface area (Å²) in [6.07, 6.45) is 1.76. The van der Waals surface area contributed by atoms with Crippen molar-refractivity contribution in [2.24, 2.45) is 5.10 Å². The van der Waals surface area contributed by atoms with E-state index in [1.807, 2.05) is 56.5 Å². The van der Waals surface area contributed by atoms with Crippen LogP contribution >= 0.6 is 0 Å². The lowest BCUT2D eigenvalue weighted by Gasteiger charge is -2.18. The van der Waals surface area contributed by atoms with E-state index in [-0.39, 0.29) is 12.3 Å². The Balaban J connectivity index is 1.47. The average Bonchev–Trinajstić information content (AvgIpc) is 3.21. The number of ether oxygens (including phenoxy) is 2. The normalized spacial score (nSPS) is 12.7. The molecule has 1 amide bonds. The minimum absolute atomic E-state index is 0.170. The van der Waals surface area contributed by atoms with Gasteiger partial charge >= 0.3 is 0 Å². The number of aromatic nitrogens is 1. The van der Waals surface area contributed by atoms with E-state index < -0.39 is 0 Å². The monoisotopic (exact) mass is 432 g/mol. The number of nitrogens with one attached hydrogen (secondary N) is 1. The fourth-order valence-corrected chi connectivity index (χ4v) is 3.73. The third-order valence-corrected chi connectivity index (χ3v) is 5.52. The van der Waals surface area contributed by atoms with Gasteiger partial charge in [0.1, 0.15) is 30.6 Å². The molecule has 32 heavy (non-hydrogen) atoms. The third kappa shape index (κ3) is 3.97. The lowest BCUT2D eigenvalue weighted by atomic mass is 10.1. The van der Waals surface area contributed by atoms with Crippen molar-refractivity contribution in [3.05, 3.63) is 63.7 Å². The molecule has 0 aliphatic carbocycles. The Bertz CT molecular complexity index is 1260. The highest BCUT2D eigenvalue weighted by Crippen LogP contribution is 2.31. The molecule has 0 bridgehead atoms. The molecule has 2 aromatic heterocycles.